The average Bonchev–Trinajstić information content (AvgIpc) is 3.72. The van der Waals surface area contributed by atoms with Gasteiger partial charge in [0, 0.05) is 0 Å². The van der Waals surface area contributed by atoms with Crippen molar-refractivity contribution >= 4 is 83.4 Å². The molecule has 0 aliphatic carbocycles. The van der Waals surface area contributed by atoms with Gasteiger partial charge in [0.2, 0.25) is 0 Å². The van der Waals surface area contributed by atoms with E-state index in [4.69, 9.17) is 0 Å². The fourth-order valence-corrected chi connectivity index (χ4v) is 10.1. The first-order valence-corrected chi connectivity index (χ1v) is 18.4. The molecule has 0 aliphatic heterocycles. The molecule has 0 bridgehead atoms. The van der Waals surface area contributed by atoms with Crippen LogP contribution in [0, 0.1) is 0 Å². The standard InChI is InChI=1S/C46H30N2Se/c1-3-12-31(13-4-1)33-14-11-17-35(28-33)47(36-24-22-32-23-26-41-40-19-8-10-21-45(40)49-46(41)42(32)29-36)37-25-27-39-38-18-7-9-20-43(38)48(44(39)30-37)34-15-5-2-6-16-34/h1-30H. The number of nitrogens with zero attached hydrogens (tertiary/aromatic N) is 2. The summed E-state index contributed by atoms with van der Waals surface area (Å²) in [6.07, 6.45) is 0. The van der Waals surface area contributed by atoms with E-state index >= 15 is 0 Å². The molecule has 10 aromatic rings. The van der Waals surface area contributed by atoms with Crippen molar-refractivity contribution in [3.63, 3.8) is 0 Å². The van der Waals surface area contributed by atoms with Gasteiger partial charge in [-0.2, -0.15) is 0 Å². The Labute approximate surface area is 290 Å². The molecular formula is C46H30N2Se. The van der Waals surface area contributed by atoms with Gasteiger partial charge in [-0.1, -0.05) is 6.07 Å². The van der Waals surface area contributed by atoms with Gasteiger partial charge in [0.05, 0.1) is 0 Å². The minimum atomic E-state index is 0.262. The van der Waals surface area contributed by atoms with Crippen LogP contribution in [0.4, 0.5) is 17.1 Å². The Hall–Kier alpha value is -5.86. The Bertz CT molecular complexity index is 2830. The molecule has 0 atom stereocenters. The van der Waals surface area contributed by atoms with Gasteiger partial charge in [-0.25, -0.2) is 0 Å². The van der Waals surface area contributed by atoms with Crippen LogP contribution in [0.5, 0.6) is 0 Å². The van der Waals surface area contributed by atoms with Crippen LogP contribution in [0.2, 0.25) is 0 Å². The number of para-hydroxylation sites is 2. The van der Waals surface area contributed by atoms with Crippen molar-refractivity contribution in [3.05, 3.63) is 182 Å². The molecule has 0 unspecified atom stereocenters. The van der Waals surface area contributed by atoms with Crippen molar-refractivity contribution in [2.24, 2.45) is 0 Å². The van der Waals surface area contributed by atoms with Gasteiger partial charge in [0.1, 0.15) is 0 Å². The molecular weight excluding hydrogens is 659 g/mol. The molecule has 0 amide bonds. The number of rotatable bonds is 5. The van der Waals surface area contributed by atoms with Crippen molar-refractivity contribution in [2.45, 2.75) is 0 Å². The SMILES string of the molecule is c1ccc(-c2cccc(N(c3ccc4ccc5c6ccccc6[se]c5c4c3)c3ccc4c5ccccc5n(-c5ccccc5)c4c3)c2)cc1. The molecule has 49 heavy (non-hydrogen) atoms. The Morgan fingerprint density at radius 1 is 0.388 bits per heavy atom. The maximum absolute atomic E-state index is 2.44. The summed E-state index contributed by atoms with van der Waals surface area (Å²) in [5, 5.41) is 7.90. The molecule has 0 N–H and O–H groups in total. The van der Waals surface area contributed by atoms with Crippen LogP contribution in [-0.2, 0) is 0 Å². The van der Waals surface area contributed by atoms with E-state index in [9.17, 15) is 0 Å². The summed E-state index contributed by atoms with van der Waals surface area (Å²) in [5.41, 5.74) is 9.37. The molecule has 0 saturated carbocycles. The zero-order valence-corrected chi connectivity index (χ0v) is 28.3. The Kier molecular flexibility index (Phi) is 6.55. The summed E-state index contributed by atoms with van der Waals surface area (Å²) < 4.78 is 5.35. The first-order chi connectivity index (χ1) is 24.3. The molecule has 0 radical (unpaired) electrons. The van der Waals surface area contributed by atoms with Crippen molar-refractivity contribution in [2.75, 3.05) is 4.90 Å². The van der Waals surface area contributed by atoms with Crippen molar-refractivity contribution < 1.29 is 0 Å². The predicted molar refractivity (Wildman–Crippen MR) is 210 cm³/mol. The summed E-state index contributed by atoms with van der Waals surface area (Å²) in [6, 6.07) is 66.6. The number of hydrogen-bond donors (Lipinski definition) is 0. The van der Waals surface area contributed by atoms with Crippen LogP contribution >= 0.6 is 0 Å². The Morgan fingerprint density at radius 3 is 1.90 bits per heavy atom. The third kappa shape index (κ3) is 4.63. The Balaban J connectivity index is 1.24. The summed E-state index contributed by atoms with van der Waals surface area (Å²) in [7, 11) is 0. The molecule has 10 rings (SSSR count). The van der Waals surface area contributed by atoms with Crippen LogP contribution in [0.1, 0.15) is 0 Å². The molecule has 2 nitrogen and oxygen atoms in total. The fourth-order valence-electron chi connectivity index (χ4n) is 7.49. The number of fused-ring (bicyclic) bond motifs is 8. The van der Waals surface area contributed by atoms with Gasteiger partial charge in [-0.15, -0.1) is 0 Å². The second kappa shape index (κ2) is 11.4. The number of hydrogen-bond acceptors (Lipinski definition) is 1. The first-order valence-electron chi connectivity index (χ1n) is 16.7. The number of benzene rings is 8. The minimum absolute atomic E-state index is 0.262. The van der Waals surface area contributed by atoms with E-state index < -0.39 is 0 Å². The third-order valence-corrected chi connectivity index (χ3v) is 12.3. The number of anilines is 3. The van der Waals surface area contributed by atoms with Crippen LogP contribution in [-0.4, -0.2) is 19.1 Å². The van der Waals surface area contributed by atoms with Crippen molar-refractivity contribution in [3.8, 4) is 16.8 Å². The van der Waals surface area contributed by atoms with Crippen LogP contribution < -0.4 is 4.90 Å². The van der Waals surface area contributed by atoms with E-state index in [-0.39, 0.29) is 14.5 Å². The fraction of sp³-hybridized carbons (Fsp3) is 0. The topological polar surface area (TPSA) is 8.17 Å². The van der Waals surface area contributed by atoms with Gasteiger partial charge < -0.3 is 0 Å². The third-order valence-electron chi connectivity index (χ3n) is 9.74. The second-order valence-corrected chi connectivity index (χ2v) is 14.8. The van der Waals surface area contributed by atoms with Gasteiger partial charge in [0.25, 0.3) is 0 Å². The molecule has 0 fully saturated rings. The van der Waals surface area contributed by atoms with Crippen LogP contribution in [0.15, 0.2) is 182 Å². The van der Waals surface area contributed by atoms with Gasteiger partial charge in [0.15, 0.2) is 0 Å². The molecule has 2 aromatic heterocycles. The summed E-state index contributed by atoms with van der Waals surface area (Å²) in [5.74, 6) is 0. The van der Waals surface area contributed by atoms with Gasteiger partial charge in [-0.3, -0.25) is 0 Å². The van der Waals surface area contributed by atoms with Crippen molar-refractivity contribution in [1.82, 2.24) is 4.57 Å². The quantitative estimate of drug-likeness (QED) is 0.163. The van der Waals surface area contributed by atoms with Gasteiger partial charge >= 0.3 is 286 Å². The molecule has 0 saturated heterocycles. The van der Waals surface area contributed by atoms with E-state index in [0.717, 1.165) is 22.7 Å². The second-order valence-electron chi connectivity index (χ2n) is 12.6. The number of aromatic nitrogens is 1. The Morgan fingerprint density at radius 2 is 1.02 bits per heavy atom. The van der Waals surface area contributed by atoms with E-state index in [0.29, 0.717) is 0 Å². The maximum atomic E-state index is 2.44. The zero-order chi connectivity index (χ0) is 32.3. The molecule has 2 heterocycles. The molecule has 0 spiro atoms. The van der Waals surface area contributed by atoms with Gasteiger partial charge in [-0.05, 0) is 0 Å². The zero-order valence-electron chi connectivity index (χ0n) is 26.6. The molecule has 0 aliphatic rings. The average molecular weight is 690 g/mol. The summed E-state index contributed by atoms with van der Waals surface area (Å²) >= 11 is 0.262. The van der Waals surface area contributed by atoms with Crippen LogP contribution in [0.3, 0.4) is 0 Å². The van der Waals surface area contributed by atoms with Crippen molar-refractivity contribution in [1.29, 1.82) is 0 Å². The summed E-state index contributed by atoms with van der Waals surface area (Å²) in [4.78, 5) is 2.44. The first kappa shape index (κ1) is 28.2. The predicted octanol–water partition coefficient (Wildman–Crippen LogP) is 12.4. The van der Waals surface area contributed by atoms with E-state index in [2.05, 4.69) is 191 Å². The van der Waals surface area contributed by atoms with E-state index in [1.165, 1.54) is 63.0 Å². The monoisotopic (exact) mass is 690 g/mol. The van der Waals surface area contributed by atoms with Crippen LogP contribution in [0.25, 0.3) is 68.7 Å². The normalized spacial score (nSPS) is 11.7. The molecule has 3 heteroatoms. The van der Waals surface area contributed by atoms with E-state index in [1.54, 1.807) is 0 Å². The molecule has 230 valence electrons. The van der Waals surface area contributed by atoms with E-state index in [1.807, 2.05) is 0 Å². The molecule has 8 aromatic carbocycles. The summed E-state index contributed by atoms with van der Waals surface area (Å²) in [6.45, 7) is 0.